The summed E-state index contributed by atoms with van der Waals surface area (Å²) in [6.07, 6.45) is 0. The van der Waals surface area contributed by atoms with Crippen molar-refractivity contribution in [3.8, 4) is 0 Å². The van der Waals surface area contributed by atoms with Crippen LogP contribution in [0.25, 0.3) is 0 Å². The third-order valence-electron chi connectivity index (χ3n) is 2.31. The van der Waals surface area contributed by atoms with Gasteiger partial charge in [0, 0.05) is 18.7 Å². The Balaban J connectivity index is 3.24. The molecule has 1 heterocycles. The van der Waals surface area contributed by atoms with Gasteiger partial charge in [0.15, 0.2) is 0 Å². The van der Waals surface area contributed by atoms with Gasteiger partial charge in [0.1, 0.15) is 5.82 Å². The van der Waals surface area contributed by atoms with E-state index in [0.29, 0.717) is 0 Å². The smallest absolute Gasteiger partial charge is 0.311 e. The molecule has 0 aliphatic heterocycles. The molecule has 1 rings (SSSR count). The average Bonchev–Trinajstić information content (AvgIpc) is 2.24. The molecule has 0 aromatic carbocycles. The van der Waals surface area contributed by atoms with Crippen molar-refractivity contribution in [2.24, 2.45) is 0 Å². The first-order valence-corrected chi connectivity index (χ1v) is 5.25. The van der Waals surface area contributed by atoms with E-state index in [1.54, 1.807) is 4.90 Å². The Morgan fingerprint density at radius 3 is 2.71 bits per heavy atom. The predicted octanol–water partition coefficient (Wildman–Crippen LogP) is 0.779. The van der Waals surface area contributed by atoms with E-state index in [1.807, 2.05) is 13.8 Å². The summed E-state index contributed by atoms with van der Waals surface area (Å²) in [4.78, 5) is 16.0. The number of pyridine rings is 1. The zero-order chi connectivity index (χ0) is 13.0. The summed E-state index contributed by atoms with van der Waals surface area (Å²) in [5, 5.41) is 19.9. The van der Waals surface area contributed by atoms with Crippen molar-refractivity contribution in [2.75, 3.05) is 23.8 Å². The number of nitro groups is 1. The fourth-order valence-corrected chi connectivity index (χ4v) is 1.53. The van der Waals surface area contributed by atoms with Crippen molar-refractivity contribution in [1.29, 1.82) is 0 Å². The Morgan fingerprint density at radius 2 is 2.24 bits per heavy atom. The SMILES string of the molecule is CC(C)N(CCO)c1nc(N)ccc1[N+](=O)[O-]. The molecule has 7 heteroatoms. The highest BCUT2D eigenvalue weighted by Gasteiger charge is 2.23. The van der Waals surface area contributed by atoms with Gasteiger partial charge in [-0.15, -0.1) is 0 Å². The largest absolute Gasteiger partial charge is 0.395 e. The van der Waals surface area contributed by atoms with E-state index in [4.69, 9.17) is 10.8 Å². The number of nitrogens with zero attached hydrogens (tertiary/aromatic N) is 3. The quantitative estimate of drug-likeness (QED) is 0.582. The number of aliphatic hydroxyl groups is 1. The number of hydrogen-bond acceptors (Lipinski definition) is 6. The molecule has 0 unspecified atom stereocenters. The molecule has 0 spiro atoms. The summed E-state index contributed by atoms with van der Waals surface area (Å²) < 4.78 is 0. The van der Waals surface area contributed by atoms with E-state index >= 15 is 0 Å². The Bertz CT molecular complexity index is 409. The second-order valence-corrected chi connectivity index (χ2v) is 3.85. The van der Waals surface area contributed by atoms with E-state index < -0.39 is 4.92 Å². The number of nitrogens with two attached hydrogens (primary N) is 1. The summed E-state index contributed by atoms with van der Waals surface area (Å²) in [5.74, 6) is 0.410. The molecular formula is C10H16N4O3. The van der Waals surface area contributed by atoms with Crippen LogP contribution in [-0.2, 0) is 0 Å². The highest BCUT2D eigenvalue weighted by Crippen LogP contribution is 2.27. The van der Waals surface area contributed by atoms with Gasteiger partial charge in [-0.1, -0.05) is 0 Å². The standard InChI is InChI=1S/C10H16N4O3/c1-7(2)13(5-6-15)10-8(14(16)17)3-4-9(11)12-10/h3-4,7,15H,5-6H2,1-2H3,(H2,11,12). The zero-order valence-corrected chi connectivity index (χ0v) is 9.83. The van der Waals surface area contributed by atoms with Crippen LogP contribution in [0.1, 0.15) is 13.8 Å². The molecule has 0 aliphatic carbocycles. The van der Waals surface area contributed by atoms with Crippen molar-refractivity contribution in [3.63, 3.8) is 0 Å². The lowest BCUT2D eigenvalue weighted by Crippen LogP contribution is -2.34. The minimum absolute atomic E-state index is 0.0184. The van der Waals surface area contributed by atoms with E-state index in [0.717, 1.165) is 0 Å². The number of aromatic nitrogens is 1. The van der Waals surface area contributed by atoms with Crippen LogP contribution in [0.15, 0.2) is 12.1 Å². The molecule has 0 aliphatic rings. The van der Waals surface area contributed by atoms with Gasteiger partial charge >= 0.3 is 5.69 Å². The molecule has 0 saturated heterocycles. The lowest BCUT2D eigenvalue weighted by atomic mass is 10.2. The molecule has 0 bridgehead atoms. The highest BCUT2D eigenvalue weighted by molar-refractivity contribution is 5.61. The first-order valence-electron chi connectivity index (χ1n) is 5.25. The van der Waals surface area contributed by atoms with E-state index in [9.17, 15) is 10.1 Å². The van der Waals surface area contributed by atoms with Crippen molar-refractivity contribution >= 4 is 17.3 Å². The van der Waals surface area contributed by atoms with Gasteiger partial charge < -0.3 is 15.7 Å². The fraction of sp³-hybridized carbons (Fsp3) is 0.500. The van der Waals surface area contributed by atoms with Crippen LogP contribution in [0.2, 0.25) is 0 Å². The maximum absolute atomic E-state index is 10.9. The monoisotopic (exact) mass is 240 g/mol. The van der Waals surface area contributed by atoms with E-state index in [2.05, 4.69) is 4.98 Å². The molecule has 0 radical (unpaired) electrons. The van der Waals surface area contributed by atoms with Crippen LogP contribution in [0, 0.1) is 10.1 Å². The van der Waals surface area contributed by atoms with Gasteiger partial charge in [0.25, 0.3) is 0 Å². The second-order valence-electron chi connectivity index (χ2n) is 3.85. The Morgan fingerprint density at radius 1 is 1.59 bits per heavy atom. The van der Waals surface area contributed by atoms with Gasteiger partial charge in [0.05, 0.1) is 11.5 Å². The van der Waals surface area contributed by atoms with Crippen LogP contribution >= 0.6 is 0 Å². The van der Waals surface area contributed by atoms with Crippen LogP contribution in [0.5, 0.6) is 0 Å². The van der Waals surface area contributed by atoms with Crippen LogP contribution < -0.4 is 10.6 Å². The maximum atomic E-state index is 10.9. The maximum Gasteiger partial charge on any atom is 0.311 e. The van der Waals surface area contributed by atoms with Crippen molar-refractivity contribution in [3.05, 3.63) is 22.2 Å². The van der Waals surface area contributed by atoms with Crippen LogP contribution in [-0.4, -0.2) is 34.2 Å². The van der Waals surface area contributed by atoms with Gasteiger partial charge in [-0.05, 0) is 19.9 Å². The first-order chi connectivity index (χ1) is 7.97. The number of anilines is 2. The molecule has 1 aromatic rings. The first kappa shape index (κ1) is 13.2. The summed E-state index contributed by atoms with van der Waals surface area (Å²) >= 11 is 0. The third-order valence-corrected chi connectivity index (χ3v) is 2.31. The fourth-order valence-electron chi connectivity index (χ4n) is 1.53. The average molecular weight is 240 g/mol. The second kappa shape index (κ2) is 5.44. The Kier molecular flexibility index (Phi) is 4.22. The number of nitrogen functional groups attached to an aromatic ring is 1. The number of hydrogen-bond donors (Lipinski definition) is 2. The van der Waals surface area contributed by atoms with Gasteiger partial charge in [-0.2, -0.15) is 0 Å². The predicted molar refractivity (Wildman–Crippen MR) is 64.9 cm³/mol. The lowest BCUT2D eigenvalue weighted by molar-refractivity contribution is -0.384. The Hall–Kier alpha value is -1.89. The molecule has 1 aromatic heterocycles. The summed E-state index contributed by atoms with van der Waals surface area (Å²) in [7, 11) is 0. The molecule has 0 fully saturated rings. The Labute approximate surface area is 99.0 Å². The van der Waals surface area contributed by atoms with Gasteiger partial charge in [-0.3, -0.25) is 10.1 Å². The van der Waals surface area contributed by atoms with E-state index in [1.165, 1.54) is 12.1 Å². The molecule has 0 atom stereocenters. The van der Waals surface area contributed by atoms with Crippen molar-refractivity contribution in [1.82, 2.24) is 4.98 Å². The van der Waals surface area contributed by atoms with Gasteiger partial charge in [-0.25, -0.2) is 4.98 Å². The molecular weight excluding hydrogens is 224 g/mol. The topological polar surface area (TPSA) is 106 Å². The molecule has 0 saturated carbocycles. The van der Waals surface area contributed by atoms with Crippen LogP contribution in [0.3, 0.4) is 0 Å². The van der Waals surface area contributed by atoms with Crippen LogP contribution in [0.4, 0.5) is 17.3 Å². The molecule has 17 heavy (non-hydrogen) atoms. The number of aliphatic hydroxyl groups excluding tert-OH is 1. The van der Waals surface area contributed by atoms with Crippen molar-refractivity contribution in [2.45, 2.75) is 19.9 Å². The third kappa shape index (κ3) is 3.04. The highest BCUT2D eigenvalue weighted by atomic mass is 16.6. The zero-order valence-electron chi connectivity index (χ0n) is 9.83. The minimum Gasteiger partial charge on any atom is -0.395 e. The summed E-state index contributed by atoms with van der Waals surface area (Å²) in [6.45, 7) is 3.90. The summed E-state index contributed by atoms with van der Waals surface area (Å²) in [6, 6.07) is 2.69. The minimum atomic E-state index is -0.505. The molecule has 94 valence electrons. The normalized spacial score (nSPS) is 10.6. The molecule has 3 N–H and O–H groups in total. The summed E-state index contributed by atoms with van der Waals surface area (Å²) in [5.41, 5.74) is 5.43. The van der Waals surface area contributed by atoms with E-state index in [-0.39, 0.29) is 36.5 Å². The van der Waals surface area contributed by atoms with Gasteiger partial charge in [0.2, 0.25) is 5.82 Å². The molecule has 7 nitrogen and oxygen atoms in total. The van der Waals surface area contributed by atoms with Crippen molar-refractivity contribution < 1.29 is 10.0 Å². The molecule has 0 amide bonds. The number of rotatable bonds is 5. The lowest BCUT2D eigenvalue weighted by Gasteiger charge is -2.26.